The van der Waals surface area contributed by atoms with Gasteiger partial charge < -0.3 is 15.3 Å². The molecule has 2 N–H and O–H groups in total. The molecule has 0 atom stereocenters. The maximum Gasteiger partial charge on any atom is 0.317 e. The topological polar surface area (TPSA) is 87.5 Å². The van der Waals surface area contributed by atoms with E-state index in [1.54, 1.807) is 9.58 Å². The van der Waals surface area contributed by atoms with E-state index in [4.69, 9.17) is 5.11 Å². The summed E-state index contributed by atoms with van der Waals surface area (Å²) in [4.78, 5) is 24.4. The third-order valence-corrected chi connectivity index (χ3v) is 3.56. The first kappa shape index (κ1) is 14.4. The number of nitrogens with one attached hydrogen (secondary N) is 1. The Kier molecular flexibility index (Phi) is 4.60. The van der Waals surface area contributed by atoms with Gasteiger partial charge in [-0.05, 0) is 18.9 Å². The average Bonchev–Trinajstić information content (AvgIpc) is 2.84. The number of hydrogen-bond acceptors (Lipinski definition) is 3. The van der Waals surface area contributed by atoms with Crippen LogP contribution in [-0.4, -0.2) is 51.4 Å². The van der Waals surface area contributed by atoms with Gasteiger partial charge in [-0.3, -0.25) is 9.48 Å². The van der Waals surface area contributed by atoms with Crippen molar-refractivity contribution in [2.24, 2.45) is 13.0 Å². The Morgan fingerprint density at radius 1 is 1.45 bits per heavy atom. The molecule has 0 aliphatic carbocycles. The van der Waals surface area contributed by atoms with Crippen LogP contribution < -0.4 is 5.32 Å². The second kappa shape index (κ2) is 6.40. The van der Waals surface area contributed by atoms with E-state index in [1.165, 1.54) is 0 Å². The van der Waals surface area contributed by atoms with E-state index in [0.717, 1.165) is 5.69 Å². The molecule has 1 aliphatic rings. The van der Waals surface area contributed by atoms with Crippen molar-refractivity contribution >= 4 is 12.0 Å². The molecule has 7 nitrogen and oxygen atoms in total. The van der Waals surface area contributed by atoms with Crippen molar-refractivity contribution in [3.8, 4) is 0 Å². The summed E-state index contributed by atoms with van der Waals surface area (Å²) in [6, 6.07) is 1.80. The van der Waals surface area contributed by atoms with Crippen molar-refractivity contribution in [2.75, 3.05) is 19.6 Å². The van der Waals surface area contributed by atoms with E-state index in [0.29, 0.717) is 38.9 Å². The monoisotopic (exact) mass is 280 g/mol. The van der Waals surface area contributed by atoms with Gasteiger partial charge in [0.25, 0.3) is 0 Å². The van der Waals surface area contributed by atoms with Crippen LogP contribution in [-0.2, 0) is 18.3 Å². The van der Waals surface area contributed by atoms with E-state index in [1.807, 2.05) is 19.3 Å². The molecule has 0 unspecified atom stereocenters. The number of likely N-dealkylation sites (tertiary alicyclic amines) is 1. The highest BCUT2D eigenvalue weighted by molar-refractivity contribution is 5.75. The first-order valence-electron chi connectivity index (χ1n) is 6.80. The molecule has 0 bridgehead atoms. The summed E-state index contributed by atoms with van der Waals surface area (Å²) in [5.41, 5.74) is 0.942. The lowest BCUT2D eigenvalue weighted by atomic mass is 9.97. The maximum absolute atomic E-state index is 11.9. The molecule has 110 valence electrons. The van der Waals surface area contributed by atoms with E-state index in [-0.39, 0.29) is 11.9 Å². The van der Waals surface area contributed by atoms with Gasteiger partial charge in [0.15, 0.2) is 0 Å². The fraction of sp³-hybridized carbons (Fsp3) is 0.615. The predicted octanol–water partition coefficient (Wildman–Crippen LogP) is 0.469. The summed E-state index contributed by atoms with van der Waals surface area (Å²) < 4.78 is 1.73. The normalized spacial score (nSPS) is 16.1. The number of carbonyl (C=O) groups is 2. The molecule has 1 aromatic heterocycles. The highest BCUT2D eigenvalue weighted by Crippen LogP contribution is 2.17. The smallest absolute Gasteiger partial charge is 0.317 e. The summed E-state index contributed by atoms with van der Waals surface area (Å²) in [6.45, 7) is 1.55. The van der Waals surface area contributed by atoms with Crippen LogP contribution >= 0.6 is 0 Å². The zero-order chi connectivity index (χ0) is 14.5. The van der Waals surface area contributed by atoms with Crippen LogP contribution in [0.5, 0.6) is 0 Å². The Morgan fingerprint density at radius 2 is 2.15 bits per heavy atom. The molecular weight excluding hydrogens is 260 g/mol. The van der Waals surface area contributed by atoms with Crippen molar-refractivity contribution in [3.05, 3.63) is 18.0 Å². The number of aromatic nitrogens is 2. The Morgan fingerprint density at radius 3 is 2.70 bits per heavy atom. The number of carbonyl (C=O) groups excluding carboxylic acids is 1. The summed E-state index contributed by atoms with van der Waals surface area (Å²) >= 11 is 0. The number of piperidine rings is 1. The third kappa shape index (κ3) is 3.72. The van der Waals surface area contributed by atoms with Crippen LogP contribution in [0.2, 0.25) is 0 Å². The van der Waals surface area contributed by atoms with Gasteiger partial charge in [0.05, 0.1) is 11.6 Å². The number of nitrogens with zero attached hydrogens (tertiary/aromatic N) is 3. The van der Waals surface area contributed by atoms with Crippen LogP contribution in [0.1, 0.15) is 18.5 Å². The van der Waals surface area contributed by atoms with Gasteiger partial charge in [-0.2, -0.15) is 5.10 Å². The lowest BCUT2D eigenvalue weighted by molar-refractivity contribution is -0.143. The molecule has 2 rings (SSSR count). The maximum atomic E-state index is 11.9. The minimum atomic E-state index is -0.764. The largest absolute Gasteiger partial charge is 0.481 e. The summed E-state index contributed by atoms with van der Waals surface area (Å²) in [7, 11) is 1.86. The van der Waals surface area contributed by atoms with Gasteiger partial charge in [-0.1, -0.05) is 0 Å². The molecule has 0 aromatic carbocycles. The number of aliphatic carboxylic acids is 1. The van der Waals surface area contributed by atoms with Crippen molar-refractivity contribution < 1.29 is 14.7 Å². The van der Waals surface area contributed by atoms with Gasteiger partial charge in [0.2, 0.25) is 0 Å². The Hall–Kier alpha value is -2.05. The summed E-state index contributed by atoms with van der Waals surface area (Å²) in [5.74, 6) is -1.08. The van der Waals surface area contributed by atoms with Crippen LogP contribution in [0, 0.1) is 5.92 Å². The molecule has 20 heavy (non-hydrogen) atoms. The number of urea groups is 1. The van der Waals surface area contributed by atoms with Gasteiger partial charge in [-0.15, -0.1) is 0 Å². The van der Waals surface area contributed by atoms with Gasteiger partial charge >= 0.3 is 12.0 Å². The van der Waals surface area contributed by atoms with Crippen LogP contribution in [0.25, 0.3) is 0 Å². The molecule has 1 aliphatic heterocycles. The molecule has 1 saturated heterocycles. The first-order valence-corrected chi connectivity index (χ1v) is 6.80. The summed E-state index contributed by atoms with van der Waals surface area (Å²) in [6.07, 6.45) is 3.62. The second-order valence-corrected chi connectivity index (χ2v) is 5.06. The van der Waals surface area contributed by atoms with Gasteiger partial charge in [0.1, 0.15) is 0 Å². The number of carboxylic acid groups (broad SMARTS) is 1. The Bertz CT molecular complexity index is 478. The standard InChI is InChI=1S/C13H20N4O3/c1-16-7-5-11(15-16)2-6-14-13(20)17-8-3-10(4-9-17)12(18)19/h5,7,10H,2-4,6,8-9H2,1H3,(H,14,20)(H,18,19). The van der Waals surface area contributed by atoms with Crippen LogP contribution in [0.4, 0.5) is 4.79 Å². The lowest BCUT2D eigenvalue weighted by Crippen LogP contribution is -2.45. The number of hydrogen-bond donors (Lipinski definition) is 2. The van der Waals surface area contributed by atoms with Crippen molar-refractivity contribution in [3.63, 3.8) is 0 Å². The van der Waals surface area contributed by atoms with Gasteiger partial charge in [0, 0.05) is 39.3 Å². The third-order valence-electron chi connectivity index (χ3n) is 3.56. The van der Waals surface area contributed by atoms with E-state index in [2.05, 4.69) is 10.4 Å². The van der Waals surface area contributed by atoms with Crippen molar-refractivity contribution in [2.45, 2.75) is 19.3 Å². The summed E-state index contributed by atoms with van der Waals surface area (Å²) in [5, 5.41) is 16.0. The lowest BCUT2D eigenvalue weighted by Gasteiger charge is -2.30. The fourth-order valence-corrected chi connectivity index (χ4v) is 2.34. The zero-order valence-electron chi connectivity index (χ0n) is 11.6. The Labute approximate surface area is 117 Å². The molecule has 1 aromatic rings. The highest BCUT2D eigenvalue weighted by Gasteiger charge is 2.26. The molecule has 2 amide bonds. The van der Waals surface area contributed by atoms with Crippen LogP contribution in [0.3, 0.4) is 0 Å². The van der Waals surface area contributed by atoms with E-state index in [9.17, 15) is 9.59 Å². The number of rotatable bonds is 4. The molecule has 2 heterocycles. The molecule has 1 fully saturated rings. The average molecular weight is 280 g/mol. The van der Waals surface area contributed by atoms with E-state index < -0.39 is 5.97 Å². The minimum Gasteiger partial charge on any atom is -0.481 e. The highest BCUT2D eigenvalue weighted by atomic mass is 16.4. The van der Waals surface area contributed by atoms with Crippen molar-refractivity contribution in [1.82, 2.24) is 20.0 Å². The van der Waals surface area contributed by atoms with Crippen molar-refractivity contribution in [1.29, 1.82) is 0 Å². The second-order valence-electron chi connectivity index (χ2n) is 5.06. The minimum absolute atomic E-state index is 0.121. The molecule has 0 spiro atoms. The number of amides is 2. The molecule has 0 saturated carbocycles. The molecule has 0 radical (unpaired) electrons. The fourth-order valence-electron chi connectivity index (χ4n) is 2.34. The molecule has 7 heteroatoms. The van der Waals surface area contributed by atoms with Gasteiger partial charge in [-0.25, -0.2) is 4.79 Å². The number of aryl methyl sites for hydroxylation is 1. The zero-order valence-corrected chi connectivity index (χ0v) is 11.6. The SMILES string of the molecule is Cn1ccc(CCNC(=O)N2CCC(C(=O)O)CC2)n1. The molecular formula is C13H20N4O3. The van der Waals surface area contributed by atoms with Crippen LogP contribution in [0.15, 0.2) is 12.3 Å². The quantitative estimate of drug-likeness (QED) is 0.839. The first-order chi connectivity index (χ1) is 9.56. The number of carboxylic acids is 1. The Balaban J connectivity index is 1.69. The predicted molar refractivity (Wildman–Crippen MR) is 72.2 cm³/mol. The van der Waals surface area contributed by atoms with E-state index >= 15 is 0 Å².